The minimum atomic E-state index is -3.66. The fraction of sp³-hybridized carbons (Fsp3) is 0.559. The zero-order valence-electron chi connectivity index (χ0n) is 26.0. The largest absolute Gasteiger partial charge is 0.487 e. The molecule has 44 heavy (non-hydrogen) atoms. The first-order valence-corrected chi connectivity index (χ1v) is 17.8. The molecule has 1 saturated carbocycles. The summed E-state index contributed by atoms with van der Waals surface area (Å²) in [4.78, 5) is 15.8. The maximum absolute atomic E-state index is 13.4. The van der Waals surface area contributed by atoms with Crippen LogP contribution in [0.5, 0.6) is 5.75 Å². The number of anilines is 1. The van der Waals surface area contributed by atoms with Gasteiger partial charge in [0.1, 0.15) is 17.6 Å². The number of hydrogen-bond donors (Lipinski definition) is 1. The molecule has 2 N–H and O–H groups in total. The van der Waals surface area contributed by atoms with Crippen molar-refractivity contribution in [1.29, 1.82) is 0 Å². The van der Waals surface area contributed by atoms with Crippen LogP contribution in [0.3, 0.4) is 0 Å². The van der Waals surface area contributed by atoms with Gasteiger partial charge in [-0.25, -0.2) is 8.93 Å². The van der Waals surface area contributed by atoms with Crippen LogP contribution in [0.15, 0.2) is 48.6 Å². The Hall–Kier alpha value is -2.59. The van der Waals surface area contributed by atoms with Gasteiger partial charge in [-0.3, -0.25) is 4.79 Å². The van der Waals surface area contributed by atoms with Crippen LogP contribution < -0.4 is 14.4 Å². The normalized spacial score (nSPS) is 30.4. The minimum absolute atomic E-state index is 0.0669. The van der Waals surface area contributed by atoms with E-state index < -0.39 is 21.2 Å². The SMILES string of the molecule is COCCO[C@H]1/C=C/C[C@H](C)[C@@H](C)S(=O)(=[OH+])NC(=O)c2ccc3c(c2)N(CCCCc2cc(Cl)ccc2CO3)C[C@@H]2CC[C@H]21. The fourth-order valence-electron chi connectivity index (χ4n) is 6.42. The van der Waals surface area contributed by atoms with Crippen LogP contribution in [-0.4, -0.2) is 59.1 Å². The second-order valence-corrected chi connectivity index (χ2v) is 15.0. The molecule has 3 aliphatic rings. The van der Waals surface area contributed by atoms with Crippen molar-refractivity contribution in [2.45, 2.75) is 70.3 Å². The predicted molar refractivity (Wildman–Crippen MR) is 175 cm³/mol. The van der Waals surface area contributed by atoms with E-state index in [1.807, 2.05) is 37.3 Å². The van der Waals surface area contributed by atoms with Gasteiger partial charge >= 0.3 is 10.0 Å². The van der Waals surface area contributed by atoms with Crippen molar-refractivity contribution in [3.8, 4) is 5.75 Å². The Morgan fingerprint density at radius 2 is 1.95 bits per heavy atom. The van der Waals surface area contributed by atoms with Crippen LogP contribution in [0, 0.1) is 17.8 Å². The summed E-state index contributed by atoms with van der Waals surface area (Å²) in [5.41, 5.74) is 3.44. The van der Waals surface area contributed by atoms with Gasteiger partial charge in [0.25, 0.3) is 5.91 Å². The van der Waals surface area contributed by atoms with Crippen molar-refractivity contribution in [2.75, 3.05) is 38.3 Å². The molecule has 2 heterocycles. The average molecular weight is 646 g/mol. The van der Waals surface area contributed by atoms with Gasteiger partial charge < -0.3 is 19.1 Å². The number of methoxy groups -OCH3 is 1. The number of nitrogens with zero attached hydrogens (tertiary/aromatic N) is 1. The number of carbonyl (C=O) groups excluding carboxylic acids is 1. The van der Waals surface area contributed by atoms with E-state index in [4.69, 9.17) is 25.8 Å². The summed E-state index contributed by atoms with van der Waals surface area (Å²) >= 11 is 6.34. The number of nitrogens with one attached hydrogen (secondary N) is 1. The van der Waals surface area contributed by atoms with Gasteiger partial charge in [0.15, 0.2) is 0 Å². The van der Waals surface area contributed by atoms with Crippen molar-refractivity contribution in [3.05, 3.63) is 70.3 Å². The van der Waals surface area contributed by atoms with Gasteiger partial charge in [-0.15, -0.1) is 0 Å². The fourth-order valence-corrected chi connectivity index (χ4v) is 7.93. The summed E-state index contributed by atoms with van der Waals surface area (Å²) in [6.07, 6.45) is 9.75. The molecule has 2 aromatic carbocycles. The van der Waals surface area contributed by atoms with Crippen LogP contribution in [0.25, 0.3) is 0 Å². The van der Waals surface area contributed by atoms with Gasteiger partial charge in [0, 0.05) is 30.8 Å². The first-order chi connectivity index (χ1) is 21.2. The van der Waals surface area contributed by atoms with E-state index in [1.54, 1.807) is 20.1 Å². The highest BCUT2D eigenvalue weighted by molar-refractivity contribution is 7.90. The lowest BCUT2D eigenvalue weighted by Crippen LogP contribution is -2.44. The number of hydrogen-bond acceptors (Lipinski definition) is 6. The second-order valence-electron chi connectivity index (χ2n) is 12.5. The summed E-state index contributed by atoms with van der Waals surface area (Å²) in [6.45, 7) is 6.65. The molecule has 5 rings (SSSR count). The molecule has 0 aromatic heterocycles. The second kappa shape index (κ2) is 14.7. The van der Waals surface area contributed by atoms with Gasteiger partial charge in [0.2, 0.25) is 0 Å². The maximum Gasteiger partial charge on any atom is 0.371 e. The Morgan fingerprint density at radius 3 is 2.73 bits per heavy atom. The number of amides is 1. The molecular weight excluding hydrogens is 600 g/mol. The Balaban J connectivity index is 1.53. The summed E-state index contributed by atoms with van der Waals surface area (Å²) in [6, 6.07) is 11.3. The lowest BCUT2D eigenvalue weighted by molar-refractivity contribution is -0.0308. The van der Waals surface area contributed by atoms with E-state index in [0.717, 1.165) is 61.5 Å². The zero-order valence-corrected chi connectivity index (χ0v) is 27.6. The highest BCUT2D eigenvalue weighted by Crippen LogP contribution is 2.42. The lowest BCUT2D eigenvalue weighted by Gasteiger charge is -2.44. The van der Waals surface area contributed by atoms with Crippen molar-refractivity contribution >= 4 is 33.2 Å². The highest BCUT2D eigenvalue weighted by atomic mass is 35.5. The third-order valence-corrected chi connectivity index (χ3v) is 11.8. The van der Waals surface area contributed by atoms with Gasteiger partial charge in [-0.1, -0.05) is 36.7 Å². The Morgan fingerprint density at radius 1 is 1.11 bits per heavy atom. The van der Waals surface area contributed by atoms with Gasteiger partial charge in [-0.2, -0.15) is 4.21 Å². The van der Waals surface area contributed by atoms with Crippen LogP contribution in [0.1, 0.15) is 67.4 Å². The predicted octanol–water partition coefficient (Wildman–Crippen LogP) is 6.32. The van der Waals surface area contributed by atoms with E-state index >= 15 is 0 Å². The molecule has 240 valence electrons. The van der Waals surface area contributed by atoms with Crippen molar-refractivity contribution in [1.82, 2.24) is 4.72 Å². The number of halogens is 1. The molecular formula is C34H46ClN2O6S+. The van der Waals surface area contributed by atoms with Crippen LogP contribution >= 0.6 is 11.6 Å². The summed E-state index contributed by atoms with van der Waals surface area (Å²) in [7, 11) is -1.99. The van der Waals surface area contributed by atoms with E-state index in [-0.39, 0.29) is 12.0 Å². The molecule has 2 aromatic rings. The molecule has 0 spiro atoms. The molecule has 8 nitrogen and oxygen atoms in total. The Bertz CT molecular complexity index is 1450. The van der Waals surface area contributed by atoms with Gasteiger partial charge in [-0.05, 0) is 105 Å². The first kappa shape index (κ1) is 32.8. The molecule has 10 heteroatoms. The number of ether oxygens (including phenoxy) is 3. The third kappa shape index (κ3) is 7.79. The van der Waals surface area contributed by atoms with E-state index in [1.165, 1.54) is 5.56 Å². The van der Waals surface area contributed by atoms with Crippen molar-refractivity contribution in [3.63, 3.8) is 0 Å². The number of carbonyl (C=O) groups is 1. The molecule has 0 radical (unpaired) electrons. The topological polar surface area (TPSA) is 98.5 Å². The van der Waals surface area contributed by atoms with E-state index in [9.17, 15) is 13.2 Å². The Kier molecular flexibility index (Phi) is 10.9. The summed E-state index contributed by atoms with van der Waals surface area (Å²) < 4.78 is 44.9. The molecule has 6 atom stereocenters. The van der Waals surface area contributed by atoms with Crippen LogP contribution in [-0.2, 0) is 32.5 Å². The number of allylic oxidation sites excluding steroid dienone is 1. The standard InChI is InChI=1S/C34H45ClN2O6S/c1-23-7-6-9-32(42-18-17-41-3)30-14-11-27(30)21-37-16-5-4-8-25-19-29(35)13-10-28(25)22-43-33-15-12-26(20-31(33)37)34(38)36-44(39,40)24(23)2/h6,9-10,12-13,15,19-20,23-24,27,30,32H,4-5,7-8,11,14,16-18,21-22H2,1-3H3,(H,36,38,39,40)/p+1/b9-6+/t23-,24+,27-,30+,32-/m0/s1. The third-order valence-electron chi connectivity index (χ3n) is 9.57. The average Bonchev–Trinajstić information content (AvgIpc) is 3.01. The highest BCUT2D eigenvalue weighted by Gasteiger charge is 2.39. The van der Waals surface area contributed by atoms with Gasteiger partial charge in [0.05, 0.1) is 25.0 Å². The molecule has 1 unspecified atom stereocenters. The number of benzene rings is 2. The maximum atomic E-state index is 13.4. The Labute approximate surface area is 267 Å². The summed E-state index contributed by atoms with van der Waals surface area (Å²) in [5, 5.41) is 0.0684. The quantitative estimate of drug-likeness (QED) is 0.237. The minimum Gasteiger partial charge on any atom is -0.487 e. The van der Waals surface area contributed by atoms with Crippen molar-refractivity contribution in [2.24, 2.45) is 17.8 Å². The molecule has 1 amide bonds. The van der Waals surface area contributed by atoms with E-state index in [0.29, 0.717) is 49.4 Å². The smallest absolute Gasteiger partial charge is 0.371 e. The molecule has 1 aliphatic carbocycles. The van der Waals surface area contributed by atoms with Crippen LogP contribution in [0.4, 0.5) is 5.69 Å². The number of fused-ring (bicyclic) bond motifs is 3. The molecule has 1 fully saturated rings. The lowest BCUT2D eigenvalue weighted by atomic mass is 9.70. The monoisotopic (exact) mass is 645 g/mol. The number of rotatable bonds is 4. The van der Waals surface area contributed by atoms with Crippen molar-refractivity contribution < 1.29 is 27.4 Å². The zero-order chi connectivity index (χ0) is 31.3. The molecule has 2 bridgehead atoms. The first-order valence-electron chi connectivity index (χ1n) is 15.8. The number of aryl methyl sites for hydroxylation is 1. The molecule has 0 saturated heterocycles. The van der Waals surface area contributed by atoms with Crippen LogP contribution in [0.2, 0.25) is 5.02 Å². The summed E-state index contributed by atoms with van der Waals surface area (Å²) in [5.74, 6) is 0.721. The van der Waals surface area contributed by atoms with E-state index in [2.05, 4.69) is 21.8 Å². The molecule has 2 aliphatic heterocycles.